The molecule has 2 rings (SSSR count). The van der Waals surface area contributed by atoms with E-state index in [1.807, 2.05) is 11.4 Å². The van der Waals surface area contributed by atoms with Crippen molar-refractivity contribution < 1.29 is 9.53 Å². The first-order valence-electron chi connectivity index (χ1n) is 5.54. The van der Waals surface area contributed by atoms with Crippen LogP contribution in [0.5, 0.6) is 5.75 Å². The van der Waals surface area contributed by atoms with Crippen LogP contribution in [0.25, 0.3) is 0 Å². The lowest BCUT2D eigenvalue weighted by molar-refractivity contribution is -0.123. The lowest BCUT2D eigenvalue weighted by atomic mass is 10.2. The summed E-state index contributed by atoms with van der Waals surface area (Å²) in [7, 11) is 0. The van der Waals surface area contributed by atoms with Crippen molar-refractivity contribution in [2.45, 2.75) is 6.54 Å². The van der Waals surface area contributed by atoms with Crippen molar-refractivity contribution in [3.8, 4) is 11.8 Å². The Balaban J connectivity index is 1.75. The number of nitrogens with one attached hydrogen (secondary N) is 1. The Morgan fingerprint density at radius 1 is 1.42 bits per heavy atom. The van der Waals surface area contributed by atoms with E-state index in [2.05, 4.69) is 10.3 Å². The first-order chi connectivity index (χ1) is 9.28. The number of ether oxygens (including phenoxy) is 1. The van der Waals surface area contributed by atoms with E-state index < -0.39 is 0 Å². The molecule has 0 aliphatic rings. The molecule has 0 bridgehead atoms. The normalized spacial score (nSPS) is 9.63. The van der Waals surface area contributed by atoms with Gasteiger partial charge in [0.1, 0.15) is 5.75 Å². The van der Waals surface area contributed by atoms with Gasteiger partial charge in [-0.25, -0.2) is 4.98 Å². The highest BCUT2D eigenvalue weighted by atomic mass is 32.1. The van der Waals surface area contributed by atoms with E-state index >= 15 is 0 Å². The van der Waals surface area contributed by atoms with Crippen LogP contribution in [-0.2, 0) is 11.3 Å². The predicted octanol–water partition coefficient (Wildman–Crippen LogP) is 1.71. The highest BCUT2D eigenvalue weighted by Gasteiger charge is 2.03. The third kappa shape index (κ3) is 4.08. The van der Waals surface area contributed by atoms with Gasteiger partial charge in [-0.3, -0.25) is 4.79 Å². The summed E-state index contributed by atoms with van der Waals surface area (Å²) in [5, 5.41) is 13.2. The van der Waals surface area contributed by atoms with Crippen LogP contribution in [0.4, 0.5) is 0 Å². The standard InChI is InChI=1S/C13H11N3O2S/c14-5-10-1-3-12(4-2-10)18-7-13(17)15-6-11-8-19-9-16-11/h1-4,8-9H,6-7H2,(H,15,17). The minimum absolute atomic E-state index is 0.0595. The second-order valence-electron chi connectivity index (χ2n) is 3.68. The summed E-state index contributed by atoms with van der Waals surface area (Å²) in [5.41, 5.74) is 3.10. The smallest absolute Gasteiger partial charge is 0.258 e. The van der Waals surface area contributed by atoms with Gasteiger partial charge in [0, 0.05) is 5.38 Å². The molecule has 0 spiro atoms. The molecule has 6 heteroatoms. The van der Waals surface area contributed by atoms with Gasteiger partial charge in [-0.15, -0.1) is 11.3 Å². The van der Waals surface area contributed by atoms with Crippen molar-refractivity contribution in [2.24, 2.45) is 0 Å². The second-order valence-corrected chi connectivity index (χ2v) is 4.40. The Labute approximate surface area is 114 Å². The topological polar surface area (TPSA) is 75.0 Å². The summed E-state index contributed by atoms with van der Waals surface area (Å²) >= 11 is 1.48. The van der Waals surface area contributed by atoms with Gasteiger partial charge in [-0.05, 0) is 24.3 Å². The molecule has 0 unspecified atom stereocenters. The van der Waals surface area contributed by atoms with E-state index in [9.17, 15) is 4.79 Å². The molecule has 1 heterocycles. The summed E-state index contributed by atoms with van der Waals surface area (Å²) in [5.74, 6) is 0.347. The van der Waals surface area contributed by atoms with E-state index in [1.165, 1.54) is 11.3 Å². The zero-order chi connectivity index (χ0) is 13.5. The first kappa shape index (κ1) is 13.1. The van der Waals surface area contributed by atoms with Crippen LogP contribution < -0.4 is 10.1 Å². The number of thiazole rings is 1. The van der Waals surface area contributed by atoms with Crippen LogP contribution in [0.2, 0.25) is 0 Å². The number of hydrogen-bond acceptors (Lipinski definition) is 5. The lowest BCUT2D eigenvalue weighted by Gasteiger charge is -2.06. The minimum atomic E-state index is -0.211. The van der Waals surface area contributed by atoms with Crippen molar-refractivity contribution in [2.75, 3.05) is 6.61 Å². The number of hydrogen-bond donors (Lipinski definition) is 1. The lowest BCUT2D eigenvalue weighted by Crippen LogP contribution is -2.28. The molecule has 2 aromatic rings. The van der Waals surface area contributed by atoms with Crippen molar-refractivity contribution in [3.63, 3.8) is 0 Å². The van der Waals surface area contributed by atoms with Crippen molar-refractivity contribution in [1.29, 1.82) is 5.26 Å². The number of nitriles is 1. The van der Waals surface area contributed by atoms with E-state index in [0.29, 0.717) is 17.9 Å². The molecule has 19 heavy (non-hydrogen) atoms. The SMILES string of the molecule is N#Cc1ccc(OCC(=O)NCc2cscn2)cc1. The number of benzene rings is 1. The molecule has 1 N–H and O–H groups in total. The molecular formula is C13H11N3O2S. The maximum absolute atomic E-state index is 11.5. The Kier molecular flexibility index (Phi) is 4.48. The molecule has 0 atom stereocenters. The van der Waals surface area contributed by atoms with Gasteiger partial charge >= 0.3 is 0 Å². The maximum atomic E-state index is 11.5. The Morgan fingerprint density at radius 3 is 2.84 bits per heavy atom. The van der Waals surface area contributed by atoms with Gasteiger partial charge in [-0.1, -0.05) is 0 Å². The summed E-state index contributed by atoms with van der Waals surface area (Å²) in [4.78, 5) is 15.6. The van der Waals surface area contributed by atoms with E-state index in [1.54, 1.807) is 29.8 Å². The van der Waals surface area contributed by atoms with Gasteiger partial charge in [0.05, 0.1) is 29.4 Å². The fraction of sp³-hybridized carbons (Fsp3) is 0.154. The molecule has 0 fully saturated rings. The molecule has 0 aliphatic heterocycles. The van der Waals surface area contributed by atoms with Crippen molar-refractivity contribution in [1.82, 2.24) is 10.3 Å². The fourth-order valence-electron chi connectivity index (χ4n) is 1.34. The molecule has 1 aromatic heterocycles. The molecule has 0 aliphatic carbocycles. The number of rotatable bonds is 5. The monoisotopic (exact) mass is 273 g/mol. The van der Waals surface area contributed by atoms with Crippen LogP contribution >= 0.6 is 11.3 Å². The van der Waals surface area contributed by atoms with Crippen LogP contribution in [0.15, 0.2) is 35.2 Å². The molecular weight excluding hydrogens is 262 g/mol. The number of carbonyl (C=O) groups excluding carboxylic acids is 1. The zero-order valence-electron chi connectivity index (χ0n) is 10.00. The maximum Gasteiger partial charge on any atom is 0.258 e. The Morgan fingerprint density at radius 2 is 2.21 bits per heavy atom. The van der Waals surface area contributed by atoms with Crippen LogP contribution in [0.1, 0.15) is 11.3 Å². The summed E-state index contributed by atoms with van der Waals surface area (Å²) in [6.45, 7) is 0.342. The highest BCUT2D eigenvalue weighted by molar-refractivity contribution is 7.07. The minimum Gasteiger partial charge on any atom is -0.484 e. The Bertz CT molecular complexity index is 573. The van der Waals surface area contributed by atoms with E-state index in [0.717, 1.165) is 5.69 Å². The molecule has 0 radical (unpaired) electrons. The van der Waals surface area contributed by atoms with Gasteiger partial charge in [0.25, 0.3) is 5.91 Å². The summed E-state index contributed by atoms with van der Waals surface area (Å²) in [6, 6.07) is 8.61. The quantitative estimate of drug-likeness (QED) is 0.899. The van der Waals surface area contributed by atoms with Crippen molar-refractivity contribution in [3.05, 3.63) is 46.4 Å². The summed E-state index contributed by atoms with van der Waals surface area (Å²) < 4.78 is 5.30. The second kappa shape index (κ2) is 6.52. The number of amides is 1. The molecule has 96 valence electrons. The first-order valence-corrected chi connectivity index (χ1v) is 6.49. The average molecular weight is 273 g/mol. The largest absolute Gasteiger partial charge is 0.484 e. The average Bonchev–Trinajstić information content (AvgIpc) is 2.96. The highest BCUT2D eigenvalue weighted by Crippen LogP contribution is 2.11. The van der Waals surface area contributed by atoms with Gasteiger partial charge < -0.3 is 10.1 Å². The molecule has 0 saturated carbocycles. The molecule has 1 amide bonds. The number of carbonyl (C=O) groups is 1. The Hall–Kier alpha value is -2.39. The fourth-order valence-corrected chi connectivity index (χ4v) is 1.90. The third-order valence-electron chi connectivity index (χ3n) is 2.30. The van der Waals surface area contributed by atoms with Crippen LogP contribution in [0, 0.1) is 11.3 Å². The van der Waals surface area contributed by atoms with Crippen LogP contribution in [-0.4, -0.2) is 17.5 Å². The molecule has 0 saturated heterocycles. The van der Waals surface area contributed by atoms with Gasteiger partial charge in [-0.2, -0.15) is 5.26 Å². The molecule has 1 aromatic carbocycles. The van der Waals surface area contributed by atoms with E-state index in [-0.39, 0.29) is 12.5 Å². The van der Waals surface area contributed by atoms with Crippen LogP contribution in [0.3, 0.4) is 0 Å². The summed E-state index contributed by atoms with van der Waals surface area (Å²) in [6.07, 6.45) is 0. The van der Waals surface area contributed by atoms with Gasteiger partial charge in [0.2, 0.25) is 0 Å². The predicted molar refractivity (Wildman–Crippen MR) is 70.6 cm³/mol. The molecule has 5 nitrogen and oxygen atoms in total. The van der Waals surface area contributed by atoms with E-state index in [4.69, 9.17) is 10.00 Å². The third-order valence-corrected chi connectivity index (χ3v) is 2.94. The zero-order valence-corrected chi connectivity index (χ0v) is 10.8. The number of nitrogens with zero attached hydrogens (tertiary/aromatic N) is 2. The number of aromatic nitrogens is 1. The van der Waals surface area contributed by atoms with Gasteiger partial charge in [0.15, 0.2) is 6.61 Å². The van der Waals surface area contributed by atoms with Crippen molar-refractivity contribution >= 4 is 17.2 Å².